The standard InChI is InChI=1S/C13H10Cl3N/c14-10-5-9(6-11(15)7-10)8-17-13-4-2-1-3-12(13)16/h1-7,17H,8H2. The summed E-state index contributed by atoms with van der Waals surface area (Å²) in [6, 6.07) is 13.0. The van der Waals surface area contributed by atoms with E-state index in [9.17, 15) is 0 Å². The zero-order valence-corrected chi connectivity index (χ0v) is 11.2. The second-order valence-corrected chi connectivity index (χ2v) is 4.89. The van der Waals surface area contributed by atoms with E-state index in [2.05, 4.69) is 5.32 Å². The van der Waals surface area contributed by atoms with Gasteiger partial charge in [0.05, 0.1) is 10.7 Å². The first kappa shape index (κ1) is 12.6. The quantitative estimate of drug-likeness (QED) is 0.811. The molecular weight excluding hydrogens is 277 g/mol. The number of rotatable bonds is 3. The Morgan fingerprint density at radius 2 is 1.53 bits per heavy atom. The molecule has 88 valence electrons. The topological polar surface area (TPSA) is 12.0 Å². The number of nitrogens with one attached hydrogen (secondary N) is 1. The molecule has 2 aromatic carbocycles. The fourth-order valence-electron chi connectivity index (χ4n) is 1.51. The van der Waals surface area contributed by atoms with Gasteiger partial charge in [-0.2, -0.15) is 0 Å². The van der Waals surface area contributed by atoms with Crippen molar-refractivity contribution in [2.75, 3.05) is 5.32 Å². The summed E-state index contributed by atoms with van der Waals surface area (Å²) in [6.07, 6.45) is 0. The van der Waals surface area contributed by atoms with E-state index in [0.29, 0.717) is 21.6 Å². The smallest absolute Gasteiger partial charge is 0.0637 e. The van der Waals surface area contributed by atoms with Gasteiger partial charge in [0.2, 0.25) is 0 Å². The maximum Gasteiger partial charge on any atom is 0.0637 e. The van der Waals surface area contributed by atoms with E-state index in [1.807, 2.05) is 36.4 Å². The molecule has 0 aliphatic heterocycles. The molecule has 0 amide bonds. The highest BCUT2D eigenvalue weighted by molar-refractivity contribution is 6.34. The number of hydrogen-bond donors (Lipinski definition) is 1. The fraction of sp³-hybridized carbons (Fsp3) is 0.0769. The molecule has 0 aliphatic carbocycles. The van der Waals surface area contributed by atoms with Crippen molar-refractivity contribution in [1.29, 1.82) is 0 Å². The third kappa shape index (κ3) is 3.53. The molecule has 1 N–H and O–H groups in total. The van der Waals surface area contributed by atoms with Crippen LogP contribution in [0.2, 0.25) is 15.1 Å². The lowest BCUT2D eigenvalue weighted by atomic mass is 10.2. The van der Waals surface area contributed by atoms with E-state index >= 15 is 0 Å². The van der Waals surface area contributed by atoms with Crippen molar-refractivity contribution in [2.24, 2.45) is 0 Å². The summed E-state index contributed by atoms with van der Waals surface area (Å²) in [7, 11) is 0. The van der Waals surface area contributed by atoms with Crippen LogP contribution in [0.15, 0.2) is 42.5 Å². The van der Waals surface area contributed by atoms with Crippen LogP contribution in [-0.2, 0) is 6.54 Å². The lowest BCUT2D eigenvalue weighted by Gasteiger charge is -2.08. The fourth-order valence-corrected chi connectivity index (χ4v) is 2.29. The molecule has 0 radical (unpaired) electrons. The molecule has 0 bridgehead atoms. The molecule has 0 unspecified atom stereocenters. The minimum Gasteiger partial charge on any atom is -0.380 e. The summed E-state index contributed by atoms with van der Waals surface area (Å²) in [5.41, 5.74) is 1.91. The highest BCUT2D eigenvalue weighted by atomic mass is 35.5. The molecule has 0 atom stereocenters. The molecule has 0 aliphatic rings. The van der Waals surface area contributed by atoms with Gasteiger partial charge in [0.15, 0.2) is 0 Å². The average molecular weight is 287 g/mol. The second-order valence-electron chi connectivity index (χ2n) is 3.61. The van der Waals surface area contributed by atoms with Crippen LogP contribution < -0.4 is 5.32 Å². The minimum absolute atomic E-state index is 0.629. The summed E-state index contributed by atoms with van der Waals surface area (Å²) >= 11 is 17.9. The van der Waals surface area contributed by atoms with Crippen LogP contribution in [0.5, 0.6) is 0 Å². The molecule has 0 heterocycles. The van der Waals surface area contributed by atoms with Gasteiger partial charge in [-0.05, 0) is 35.9 Å². The first-order chi connectivity index (χ1) is 8.15. The van der Waals surface area contributed by atoms with Gasteiger partial charge in [-0.25, -0.2) is 0 Å². The van der Waals surface area contributed by atoms with Gasteiger partial charge in [0.25, 0.3) is 0 Å². The van der Waals surface area contributed by atoms with Crippen molar-refractivity contribution in [1.82, 2.24) is 0 Å². The average Bonchev–Trinajstić information content (AvgIpc) is 2.27. The van der Waals surface area contributed by atoms with E-state index in [4.69, 9.17) is 34.8 Å². The third-order valence-corrected chi connectivity index (χ3v) is 3.05. The molecule has 0 saturated heterocycles. The maximum absolute atomic E-state index is 6.04. The predicted molar refractivity (Wildman–Crippen MR) is 75.2 cm³/mol. The summed E-state index contributed by atoms with van der Waals surface area (Å²) in [5.74, 6) is 0. The van der Waals surface area contributed by atoms with E-state index in [0.717, 1.165) is 11.3 Å². The first-order valence-corrected chi connectivity index (χ1v) is 6.22. The molecule has 2 rings (SSSR count). The van der Waals surface area contributed by atoms with Gasteiger partial charge in [-0.3, -0.25) is 0 Å². The van der Waals surface area contributed by atoms with Crippen LogP contribution in [0.25, 0.3) is 0 Å². The monoisotopic (exact) mass is 285 g/mol. The Morgan fingerprint density at radius 1 is 0.882 bits per heavy atom. The number of halogens is 3. The summed E-state index contributed by atoms with van der Waals surface area (Å²) in [5, 5.41) is 5.20. The van der Waals surface area contributed by atoms with Crippen LogP contribution in [0.3, 0.4) is 0 Å². The third-order valence-electron chi connectivity index (χ3n) is 2.28. The largest absolute Gasteiger partial charge is 0.380 e. The van der Waals surface area contributed by atoms with Crippen LogP contribution in [0.1, 0.15) is 5.56 Å². The van der Waals surface area contributed by atoms with Crippen LogP contribution in [0.4, 0.5) is 5.69 Å². The highest BCUT2D eigenvalue weighted by Gasteiger charge is 2.00. The van der Waals surface area contributed by atoms with Gasteiger partial charge in [0, 0.05) is 16.6 Å². The minimum atomic E-state index is 0.629. The second kappa shape index (κ2) is 5.63. The Morgan fingerprint density at radius 3 is 2.18 bits per heavy atom. The van der Waals surface area contributed by atoms with Crippen LogP contribution in [-0.4, -0.2) is 0 Å². The number of benzene rings is 2. The Balaban J connectivity index is 2.10. The highest BCUT2D eigenvalue weighted by Crippen LogP contribution is 2.23. The Kier molecular flexibility index (Phi) is 4.16. The zero-order valence-electron chi connectivity index (χ0n) is 8.88. The van der Waals surface area contributed by atoms with E-state index in [-0.39, 0.29) is 0 Å². The maximum atomic E-state index is 6.04. The lowest BCUT2D eigenvalue weighted by Crippen LogP contribution is -1.99. The van der Waals surface area contributed by atoms with Crippen molar-refractivity contribution >= 4 is 40.5 Å². The molecule has 0 fully saturated rings. The van der Waals surface area contributed by atoms with Crippen molar-refractivity contribution in [2.45, 2.75) is 6.54 Å². The lowest BCUT2D eigenvalue weighted by molar-refractivity contribution is 1.15. The van der Waals surface area contributed by atoms with Crippen molar-refractivity contribution in [3.63, 3.8) is 0 Å². The zero-order chi connectivity index (χ0) is 12.3. The van der Waals surface area contributed by atoms with Crippen molar-refractivity contribution in [3.8, 4) is 0 Å². The summed E-state index contributed by atoms with van der Waals surface area (Å²) in [6.45, 7) is 0.629. The van der Waals surface area contributed by atoms with Gasteiger partial charge in [0.1, 0.15) is 0 Å². The van der Waals surface area contributed by atoms with Gasteiger partial charge >= 0.3 is 0 Å². The summed E-state index contributed by atoms with van der Waals surface area (Å²) in [4.78, 5) is 0. The Hall–Kier alpha value is -0.890. The number of anilines is 1. The summed E-state index contributed by atoms with van der Waals surface area (Å²) < 4.78 is 0. The van der Waals surface area contributed by atoms with Crippen LogP contribution in [0, 0.1) is 0 Å². The van der Waals surface area contributed by atoms with E-state index < -0.39 is 0 Å². The molecule has 4 heteroatoms. The van der Waals surface area contributed by atoms with E-state index in [1.165, 1.54) is 0 Å². The molecule has 2 aromatic rings. The number of para-hydroxylation sites is 1. The van der Waals surface area contributed by atoms with Crippen LogP contribution >= 0.6 is 34.8 Å². The normalized spacial score (nSPS) is 10.3. The molecule has 1 nitrogen and oxygen atoms in total. The number of hydrogen-bond acceptors (Lipinski definition) is 1. The van der Waals surface area contributed by atoms with Gasteiger partial charge in [-0.1, -0.05) is 46.9 Å². The van der Waals surface area contributed by atoms with Crippen molar-refractivity contribution in [3.05, 3.63) is 63.1 Å². The van der Waals surface area contributed by atoms with Crippen molar-refractivity contribution < 1.29 is 0 Å². The Labute approximate surface area is 115 Å². The molecule has 0 saturated carbocycles. The van der Waals surface area contributed by atoms with Gasteiger partial charge < -0.3 is 5.32 Å². The van der Waals surface area contributed by atoms with E-state index in [1.54, 1.807) is 6.07 Å². The first-order valence-electron chi connectivity index (χ1n) is 5.08. The predicted octanol–water partition coefficient (Wildman–Crippen LogP) is 5.26. The molecule has 17 heavy (non-hydrogen) atoms. The molecular formula is C13H10Cl3N. The Bertz CT molecular complexity index is 506. The molecule has 0 aromatic heterocycles. The molecule has 0 spiro atoms. The SMILES string of the molecule is Clc1cc(Cl)cc(CNc2ccccc2Cl)c1. The van der Waals surface area contributed by atoms with Gasteiger partial charge in [-0.15, -0.1) is 0 Å².